The average Bonchev–Trinajstić information content (AvgIpc) is 3.67. The van der Waals surface area contributed by atoms with Gasteiger partial charge in [0.15, 0.2) is 5.78 Å². The predicted octanol–water partition coefficient (Wildman–Crippen LogP) is 4.30. The fraction of sp³-hybridized carbons (Fsp3) is 0.350. The van der Waals surface area contributed by atoms with Crippen molar-refractivity contribution in [2.24, 2.45) is 5.73 Å². The number of fused-ring (bicyclic) bond motifs is 2. The number of carbonyl (C=O) groups is 5. The summed E-state index contributed by atoms with van der Waals surface area (Å²) in [7, 11) is -3.30. The van der Waals surface area contributed by atoms with E-state index in [0.717, 1.165) is 38.1 Å². The van der Waals surface area contributed by atoms with Gasteiger partial charge in [-0.3, -0.25) is 34.2 Å². The van der Waals surface area contributed by atoms with Crippen molar-refractivity contribution in [2.45, 2.75) is 64.0 Å². The zero-order valence-electron chi connectivity index (χ0n) is 30.3. The largest absolute Gasteiger partial charge is 0.485 e. The molecule has 4 amide bonds. The Balaban J connectivity index is 1.07. The minimum atomic E-state index is -3.30. The van der Waals surface area contributed by atoms with Crippen LogP contribution in [0.4, 0.5) is 0 Å². The maximum Gasteiger partial charge on any atom is 0.266 e. The number of imide groups is 2. The number of thiocarbonyl (C=S) groups is 1. The van der Waals surface area contributed by atoms with Crippen LogP contribution in [0.15, 0.2) is 66.9 Å². The van der Waals surface area contributed by atoms with Gasteiger partial charge in [0.25, 0.3) is 11.8 Å². The van der Waals surface area contributed by atoms with Crippen LogP contribution in [0, 0.1) is 0 Å². The fourth-order valence-corrected chi connectivity index (χ4v) is 9.40. The number of benzene rings is 3. The molecule has 13 nitrogen and oxygen atoms in total. The molecular formula is C40H41N5O8S2. The van der Waals surface area contributed by atoms with E-state index < -0.39 is 39.7 Å². The molecule has 0 radical (unpaired) electrons. The van der Waals surface area contributed by atoms with Crippen LogP contribution >= 0.6 is 12.2 Å². The van der Waals surface area contributed by atoms with Gasteiger partial charge in [-0.15, -0.1) is 0 Å². The van der Waals surface area contributed by atoms with Crippen molar-refractivity contribution < 1.29 is 37.1 Å². The molecule has 15 heteroatoms. The van der Waals surface area contributed by atoms with Crippen molar-refractivity contribution in [1.82, 2.24) is 19.1 Å². The summed E-state index contributed by atoms with van der Waals surface area (Å²) in [5.41, 5.74) is 10.6. The molecule has 1 atom stereocenters. The molecule has 3 N–H and O–H groups in total. The van der Waals surface area contributed by atoms with Crippen LogP contribution in [0.5, 0.6) is 5.75 Å². The fourth-order valence-electron chi connectivity index (χ4n) is 7.73. The molecule has 0 bridgehead atoms. The van der Waals surface area contributed by atoms with Crippen LogP contribution in [-0.4, -0.2) is 88.1 Å². The number of hydrogen-bond acceptors (Lipinski definition) is 9. The second-order valence-corrected chi connectivity index (χ2v) is 16.7. The Morgan fingerprint density at radius 1 is 0.964 bits per heavy atom. The number of nitrogens with one attached hydrogen (secondary N) is 1. The number of hydrogen-bond donors (Lipinski definition) is 2. The van der Waals surface area contributed by atoms with Crippen LogP contribution in [0.1, 0.15) is 83.3 Å². The first kappa shape index (κ1) is 38.0. The summed E-state index contributed by atoms with van der Waals surface area (Å²) in [6.07, 6.45) is 4.58. The van der Waals surface area contributed by atoms with Gasteiger partial charge in [-0.05, 0) is 67.5 Å². The van der Waals surface area contributed by atoms with Crippen LogP contribution in [0.25, 0.3) is 22.0 Å². The summed E-state index contributed by atoms with van der Waals surface area (Å²) >= 11 is 5.25. The van der Waals surface area contributed by atoms with E-state index >= 15 is 0 Å². The number of amides is 4. The number of Topliss-reactive ketones (excluding diaryl/α,β-unsaturated/α-hetero) is 1. The van der Waals surface area contributed by atoms with Gasteiger partial charge in [-0.1, -0.05) is 55.5 Å². The molecular weight excluding hydrogens is 743 g/mol. The van der Waals surface area contributed by atoms with Gasteiger partial charge in [-0.2, -0.15) is 0 Å². The summed E-state index contributed by atoms with van der Waals surface area (Å²) in [5, 5.41) is 3.18. The van der Waals surface area contributed by atoms with Crippen LogP contribution in [-0.2, 0) is 30.8 Å². The lowest BCUT2D eigenvalue weighted by Gasteiger charge is -2.32. The number of sulfonamides is 1. The van der Waals surface area contributed by atoms with Crippen molar-refractivity contribution >= 4 is 67.5 Å². The van der Waals surface area contributed by atoms with E-state index in [2.05, 4.69) is 22.1 Å². The summed E-state index contributed by atoms with van der Waals surface area (Å²) in [5.74, 6) is -2.55. The zero-order valence-corrected chi connectivity index (χ0v) is 31.9. The highest BCUT2D eigenvalue weighted by molar-refractivity contribution is 7.89. The minimum Gasteiger partial charge on any atom is -0.485 e. The van der Waals surface area contributed by atoms with Crippen LogP contribution < -0.4 is 15.8 Å². The molecule has 3 aliphatic heterocycles. The Hall–Kier alpha value is -5.25. The molecule has 1 aromatic heterocycles. The molecule has 0 spiro atoms. The number of rotatable bonds is 13. The van der Waals surface area contributed by atoms with Crippen LogP contribution in [0.2, 0.25) is 0 Å². The summed E-state index contributed by atoms with van der Waals surface area (Å²) < 4.78 is 35.2. The molecule has 3 aliphatic rings. The monoisotopic (exact) mass is 783 g/mol. The number of aromatic nitrogens is 1. The van der Waals surface area contributed by atoms with E-state index in [9.17, 15) is 32.4 Å². The van der Waals surface area contributed by atoms with E-state index in [-0.39, 0.29) is 60.3 Å². The minimum absolute atomic E-state index is 0.00420. The lowest BCUT2D eigenvalue weighted by Crippen LogP contribution is -2.54. The van der Waals surface area contributed by atoms with Crippen molar-refractivity contribution in [3.63, 3.8) is 0 Å². The maximum atomic E-state index is 13.4. The Kier molecular flexibility index (Phi) is 10.7. The molecule has 2 fully saturated rings. The third-order valence-electron chi connectivity index (χ3n) is 10.5. The summed E-state index contributed by atoms with van der Waals surface area (Å²) in [4.78, 5) is 65.1. The SMILES string of the molecule is CCCS(=O)(=O)N1CCC(n2cc(-c3cccc(C(N)=S)c3)c3ccc(CCC(=O)COc4cccc5c4C(=O)N(C4CCC(=O)NC4=O)C5=O)cc32)CC1. The first-order valence-corrected chi connectivity index (χ1v) is 20.4. The number of ether oxygens (including phenoxy) is 1. The number of aryl methyl sites for hydroxylation is 1. The Bertz CT molecular complexity index is 2360. The van der Waals surface area contributed by atoms with Gasteiger partial charge in [0.05, 0.1) is 16.9 Å². The lowest BCUT2D eigenvalue weighted by atomic mass is 10.0. The number of nitrogens with two attached hydrogens (primary N) is 1. The Morgan fingerprint density at radius 2 is 1.73 bits per heavy atom. The molecule has 0 saturated carbocycles. The second-order valence-electron chi connectivity index (χ2n) is 14.1. The van der Waals surface area contributed by atoms with Crippen molar-refractivity contribution in [1.29, 1.82) is 0 Å². The topological polar surface area (TPSA) is 178 Å². The average molecular weight is 784 g/mol. The molecule has 7 rings (SSSR count). The molecule has 3 aromatic carbocycles. The smallest absolute Gasteiger partial charge is 0.266 e. The highest BCUT2D eigenvalue weighted by atomic mass is 32.2. The molecule has 55 heavy (non-hydrogen) atoms. The van der Waals surface area contributed by atoms with E-state index in [1.807, 2.05) is 43.3 Å². The molecule has 0 aliphatic carbocycles. The van der Waals surface area contributed by atoms with Gasteiger partial charge in [-0.25, -0.2) is 12.7 Å². The van der Waals surface area contributed by atoms with Gasteiger partial charge in [0.2, 0.25) is 21.8 Å². The van der Waals surface area contributed by atoms with Gasteiger partial charge in [0.1, 0.15) is 23.4 Å². The molecule has 4 aromatic rings. The first-order valence-electron chi connectivity index (χ1n) is 18.4. The summed E-state index contributed by atoms with van der Waals surface area (Å²) in [6, 6.07) is 17.3. The Labute approximate surface area is 323 Å². The second kappa shape index (κ2) is 15.5. The van der Waals surface area contributed by atoms with E-state index in [0.29, 0.717) is 43.8 Å². The number of nitrogens with zero attached hydrogens (tertiary/aromatic N) is 3. The van der Waals surface area contributed by atoms with Gasteiger partial charge in [0, 0.05) is 60.2 Å². The van der Waals surface area contributed by atoms with Crippen molar-refractivity contribution in [3.05, 3.63) is 89.1 Å². The zero-order chi connectivity index (χ0) is 39.0. The third kappa shape index (κ3) is 7.56. The number of piperidine rings is 2. The summed E-state index contributed by atoms with van der Waals surface area (Å²) in [6.45, 7) is 2.40. The molecule has 286 valence electrons. The quantitative estimate of drug-likeness (QED) is 0.147. The maximum absolute atomic E-state index is 13.4. The van der Waals surface area contributed by atoms with Gasteiger partial charge < -0.3 is 15.0 Å². The number of ketones is 1. The highest BCUT2D eigenvalue weighted by Gasteiger charge is 2.46. The lowest BCUT2D eigenvalue weighted by molar-refractivity contribution is -0.136. The van der Waals surface area contributed by atoms with E-state index in [1.165, 1.54) is 12.1 Å². The number of carbonyl (C=O) groups excluding carboxylic acids is 5. The molecule has 1 unspecified atom stereocenters. The highest BCUT2D eigenvalue weighted by Crippen LogP contribution is 2.37. The standard InChI is InChI=1S/C40H41N5O8S2/c1-2-19-55(51,52)43-17-15-27(16-18-43)44-22-31(25-5-3-6-26(21-25)37(41)54)29-12-10-24(20-33(29)44)9-11-28(46)23-53-34-8-4-7-30-36(34)40(50)45(39(30)49)32-13-14-35(47)42-38(32)48/h3-8,10,12,20-22,27,32H,2,9,11,13-19,23H2,1H3,(H2,41,54)(H,42,47,48). The molecule has 2 saturated heterocycles. The Morgan fingerprint density at radius 3 is 2.45 bits per heavy atom. The normalized spacial score (nSPS) is 18.1. The van der Waals surface area contributed by atoms with E-state index in [4.69, 9.17) is 22.7 Å². The predicted molar refractivity (Wildman–Crippen MR) is 209 cm³/mol. The molecule has 4 heterocycles. The third-order valence-corrected chi connectivity index (χ3v) is 12.9. The van der Waals surface area contributed by atoms with Crippen LogP contribution in [0.3, 0.4) is 0 Å². The van der Waals surface area contributed by atoms with E-state index in [1.54, 1.807) is 10.4 Å². The van der Waals surface area contributed by atoms with Crippen molar-refractivity contribution in [2.75, 3.05) is 25.4 Å². The van der Waals surface area contributed by atoms with Crippen molar-refractivity contribution in [3.8, 4) is 16.9 Å². The van der Waals surface area contributed by atoms with Gasteiger partial charge >= 0.3 is 0 Å². The first-order chi connectivity index (χ1) is 26.4.